The highest BCUT2D eigenvalue weighted by Gasteiger charge is 2.15. The maximum atomic E-state index is 12.1. The molecule has 0 saturated carbocycles. The average molecular weight is 383 g/mol. The minimum Gasteiger partial charge on any atom is -0.318 e. The van der Waals surface area contributed by atoms with Crippen molar-refractivity contribution in [3.63, 3.8) is 0 Å². The van der Waals surface area contributed by atoms with Gasteiger partial charge >= 0.3 is 0 Å². The van der Waals surface area contributed by atoms with E-state index in [1.807, 2.05) is 30.3 Å². The summed E-state index contributed by atoms with van der Waals surface area (Å²) < 4.78 is 25.7. The van der Waals surface area contributed by atoms with Crippen molar-refractivity contribution in [1.29, 1.82) is 0 Å². The summed E-state index contributed by atoms with van der Waals surface area (Å²) in [5.74, 6) is 0.358. The number of hydrogen-bond acceptors (Lipinski definition) is 5. The Labute approximate surface area is 158 Å². The molecule has 0 radical (unpaired) electrons. The molecule has 2 aromatic heterocycles. The molecule has 0 fully saturated rings. The van der Waals surface area contributed by atoms with Gasteiger partial charge in [0.25, 0.3) is 5.56 Å². The normalized spacial score (nSPS) is 11.5. The summed E-state index contributed by atoms with van der Waals surface area (Å²) in [6.07, 6.45) is 1.70. The Bertz CT molecular complexity index is 1110. The Morgan fingerprint density at radius 1 is 1.04 bits per heavy atom. The summed E-state index contributed by atoms with van der Waals surface area (Å²) >= 11 is 0. The zero-order chi connectivity index (χ0) is 19.6. The molecule has 1 aromatic carbocycles. The largest absolute Gasteiger partial charge is 0.318 e. The number of pyridine rings is 1. The summed E-state index contributed by atoms with van der Waals surface area (Å²) in [4.78, 5) is 21.1. The van der Waals surface area contributed by atoms with Crippen LogP contribution in [0.2, 0.25) is 0 Å². The lowest BCUT2D eigenvalue weighted by molar-refractivity contribution is 0.596. The molecule has 6 nitrogen and oxygen atoms in total. The molecule has 3 rings (SSSR count). The third kappa shape index (κ3) is 4.31. The van der Waals surface area contributed by atoms with Crippen molar-refractivity contribution in [1.82, 2.24) is 14.5 Å². The van der Waals surface area contributed by atoms with Gasteiger partial charge in [0, 0.05) is 35.7 Å². The van der Waals surface area contributed by atoms with E-state index in [0.29, 0.717) is 22.8 Å². The van der Waals surface area contributed by atoms with Gasteiger partial charge in [-0.15, -0.1) is 0 Å². The highest BCUT2D eigenvalue weighted by Crippen LogP contribution is 2.23. The summed E-state index contributed by atoms with van der Waals surface area (Å²) in [5.41, 5.74) is 3.08. The lowest BCUT2D eigenvalue weighted by Gasteiger charge is -2.10. The van der Waals surface area contributed by atoms with Crippen LogP contribution >= 0.6 is 0 Å². The molecule has 0 bridgehead atoms. The molecule has 0 spiro atoms. The van der Waals surface area contributed by atoms with E-state index in [-0.39, 0.29) is 17.1 Å². The SMILES string of the molecule is CCS(=O)(=O)Cc1cc(-c2cc(C)c(=O)n(C)c2)nc(-c2ccccc2)n1. The number of rotatable bonds is 5. The van der Waals surface area contributed by atoms with Gasteiger partial charge in [0.1, 0.15) is 0 Å². The Hall–Kier alpha value is -2.80. The fourth-order valence-corrected chi connectivity index (χ4v) is 3.58. The van der Waals surface area contributed by atoms with Crippen molar-refractivity contribution >= 4 is 9.84 Å². The Morgan fingerprint density at radius 2 is 1.74 bits per heavy atom. The van der Waals surface area contributed by atoms with E-state index >= 15 is 0 Å². The van der Waals surface area contributed by atoms with Gasteiger partial charge in [-0.05, 0) is 19.1 Å². The maximum Gasteiger partial charge on any atom is 0.253 e. The highest BCUT2D eigenvalue weighted by molar-refractivity contribution is 7.90. The van der Waals surface area contributed by atoms with Crippen LogP contribution in [0.15, 0.2) is 53.5 Å². The minimum absolute atomic E-state index is 0.0476. The number of benzene rings is 1. The third-order valence-electron chi connectivity index (χ3n) is 4.28. The van der Waals surface area contributed by atoms with Gasteiger partial charge in [-0.1, -0.05) is 37.3 Å². The molecule has 3 aromatic rings. The summed E-state index contributed by atoms with van der Waals surface area (Å²) in [6, 6.07) is 12.9. The number of aryl methyl sites for hydroxylation is 2. The number of aromatic nitrogens is 3. The second kappa shape index (κ2) is 7.44. The summed E-state index contributed by atoms with van der Waals surface area (Å²) in [7, 11) is -1.56. The van der Waals surface area contributed by atoms with E-state index in [2.05, 4.69) is 9.97 Å². The third-order valence-corrected chi connectivity index (χ3v) is 5.89. The van der Waals surface area contributed by atoms with Gasteiger partial charge in [-0.2, -0.15) is 0 Å². The number of nitrogens with zero attached hydrogens (tertiary/aromatic N) is 3. The van der Waals surface area contributed by atoms with Gasteiger partial charge in [0.2, 0.25) is 0 Å². The van der Waals surface area contributed by atoms with Crippen molar-refractivity contribution in [2.75, 3.05) is 5.75 Å². The predicted molar refractivity (Wildman–Crippen MR) is 106 cm³/mol. The first-order valence-corrected chi connectivity index (χ1v) is 10.4. The quantitative estimate of drug-likeness (QED) is 0.677. The lowest BCUT2D eigenvalue weighted by Crippen LogP contribution is -2.18. The fraction of sp³-hybridized carbons (Fsp3) is 0.250. The zero-order valence-electron chi connectivity index (χ0n) is 15.5. The molecule has 0 N–H and O–H groups in total. The molecule has 7 heteroatoms. The van der Waals surface area contributed by atoms with E-state index < -0.39 is 9.84 Å². The second-order valence-corrected chi connectivity index (χ2v) is 8.79. The molecule has 0 aliphatic heterocycles. The van der Waals surface area contributed by atoms with Gasteiger partial charge in [-0.25, -0.2) is 18.4 Å². The van der Waals surface area contributed by atoms with Crippen molar-refractivity contribution in [3.8, 4) is 22.6 Å². The molecule has 27 heavy (non-hydrogen) atoms. The van der Waals surface area contributed by atoms with Crippen LogP contribution in [0, 0.1) is 6.92 Å². The first-order valence-electron chi connectivity index (χ1n) is 8.60. The first kappa shape index (κ1) is 19.0. The minimum atomic E-state index is -3.24. The highest BCUT2D eigenvalue weighted by atomic mass is 32.2. The Balaban J connectivity index is 2.20. The summed E-state index contributed by atoms with van der Waals surface area (Å²) in [6.45, 7) is 3.36. The molecule has 0 aliphatic rings. The molecule has 0 amide bonds. The van der Waals surface area contributed by atoms with Crippen LogP contribution in [0.3, 0.4) is 0 Å². The van der Waals surface area contributed by atoms with Crippen LogP contribution < -0.4 is 5.56 Å². The van der Waals surface area contributed by atoms with Crippen LogP contribution in [0.1, 0.15) is 18.2 Å². The molecule has 0 aliphatic carbocycles. The van der Waals surface area contributed by atoms with E-state index in [4.69, 9.17) is 0 Å². The maximum absolute atomic E-state index is 12.1. The van der Waals surface area contributed by atoms with Crippen LogP contribution in [0.25, 0.3) is 22.6 Å². The average Bonchev–Trinajstić information content (AvgIpc) is 2.66. The van der Waals surface area contributed by atoms with Crippen LogP contribution in [0.4, 0.5) is 0 Å². The van der Waals surface area contributed by atoms with Crippen LogP contribution in [-0.2, 0) is 22.6 Å². The molecule has 0 unspecified atom stereocenters. The molecule has 0 saturated heterocycles. The fourth-order valence-electron chi connectivity index (χ4n) is 2.78. The van der Waals surface area contributed by atoms with Gasteiger partial charge < -0.3 is 4.57 Å². The van der Waals surface area contributed by atoms with Crippen LogP contribution in [-0.4, -0.2) is 28.7 Å². The van der Waals surface area contributed by atoms with Crippen molar-refractivity contribution in [3.05, 3.63) is 70.3 Å². The van der Waals surface area contributed by atoms with E-state index in [1.165, 1.54) is 4.57 Å². The zero-order valence-corrected chi connectivity index (χ0v) is 16.3. The molecular weight excluding hydrogens is 362 g/mol. The molecular formula is C20H21N3O3S. The number of hydrogen-bond donors (Lipinski definition) is 0. The lowest BCUT2D eigenvalue weighted by atomic mass is 10.1. The van der Waals surface area contributed by atoms with E-state index in [0.717, 1.165) is 11.1 Å². The van der Waals surface area contributed by atoms with E-state index in [1.54, 1.807) is 39.2 Å². The van der Waals surface area contributed by atoms with Crippen molar-refractivity contribution < 1.29 is 8.42 Å². The van der Waals surface area contributed by atoms with E-state index in [9.17, 15) is 13.2 Å². The molecule has 0 atom stereocenters. The molecule has 2 heterocycles. The van der Waals surface area contributed by atoms with Gasteiger partial charge in [0.05, 0.1) is 17.1 Å². The standard InChI is InChI=1S/C20H21N3O3S/c1-4-27(25,26)13-17-11-18(16-10-14(2)20(24)23(3)12-16)22-19(21-17)15-8-6-5-7-9-15/h5-12H,4,13H2,1-3H3. The second-order valence-electron chi connectivity index (χ2n) is 6.44. The Morgan fingerprint density at radius 3 is 2.37 bits per heavy atom. The van der Waals surface area contributed by atoms with Crippen molar-refractivity contribution in [2.24, 2.45) is 7.05 Å². The topological polar surface area (TPSA) is 81.9 Å². The smallest absolute Gasteiger partial charge is 0.253 e. The Kier molecular flexibility index (Phi) is 5.23. The van der Waals surface area contributed by atoms with Crippen molar-refractivity contribution in [2.45, 2.75) is 19.6 Å². The van der Waals surface area contributed by atoms with Gasteiger partial charge in [0.15, 0.2) is 15.7 Å². The first-order chi connectivity index (χ1) is 12.8. The summed E-state index contributed by atoms with van der Waals surface area (Å²) in [5, 5.41) is 0. The monoisotopic (exact) mass is 383 g/mol. The molecule has 140 valence electrons. The van der Waals surface area contributed by atoms with Gasteiger partial charge in [-0.3, -0.25) is 4.79 Å². The predicted octanol–water partition coefficient (Wildman–Crippen LogP) is 2.75. The van der Waals surface area contributed by atoms with Crippen LogP contribution in [0.5, 0.6) is 0 Å². The number of sulfone groups is 1.